The molecular weight excluding hydrogens is 292 g/mol. The fourth-order valence-corrected chi connectivity index (χ4v) is 1.57. The zero-order chi connectivity index (χ0) is 12.6. The summed E-state index contributed by atoms with van der Waals surface area (Å²) >= 11 is 3.22. The third kappa shape index (κ3) is 2.41. The van der Waals surface area contributed by atoms with Crippen LogP contribution in [-0.2, 0) is 0 Å². The van der Waals surface area contributed by atoms with Gasteiger partial charge in [-0.1, -0.05) is 0 Å². The first-order valence-corrected chi connectivity index (χ1v) is 5.53. The van der Waals surface area contributed by atoms with E-state index in [0.717, 1.165) is 18.2 Å². The summed E-state index contributed by atoms with van der Waals surface area (Å²) in [5.74, 6) is -0.927. The first-order chi connectivity index (χ1) is 7.97. The minimum absolute atomic E-state index is 0.196. The molecule has 88 valence electrons. The zero-order valence-electron chi connectivity index (χ0n) is 8.84. The van der Waals surface area contributed by atoms with E-state index in [2.05, 4.69) is 25.9 Å². The van der Waals surface area contributed by atoms with Gasteiger partial charge in [0.25, 0.3) is 0 Å². The molecule has 0 amide bonds. The Morgan fingerprint density at radius 2 is 1.71 bits per heavy atom. The SMILES string of the molecule is Cc1nc(-c2cc(F)cc(F)c2)nc(N)c1Br. The van der Waals surface area contributed by atoms with Crippen LogP contribution in [0.5, 0.6) is 0 Å². The number of benzene rings is 1. The summed E-state index contributed by atoms with van der Waals surface area (Å²) in [6.07, 6.45) is 0. The van der Waals surface area contributed by atoms with E-state index < -0.39 is 11.6 Å². The van der Waals surface area contributed by atoms with Gasteiger partial charge in [-0.3, -0.25) is 0 Å². The molecular formula is C11H8BrF2N3. The Bertz CT molecular complexity index is 544. The molecule has 2 N–H and O–H groups in total. The summed E-state index contributed by atoms with van der Waals surface area (Å²) in [5, 5.41) is 0. The van der Waals surface area contributed by atoms with Crippen molar-refractivity contribution in [3.8, 4) is 11.4 Å². The Labute approximate surface area is 105 Å². The lowest BCUT2D eigenvalue weighted by Crippen LogP contribution is -2.00. The number of aryl methyl sites for hydroxylation is 1. The van der Waals surface area contributed by atoms with E-state index in [9.17, 15) is 8.78 Å². The molecule has 0 fully saturated rings. The summed E-state index contributed by atoms with van der Waals surface area (Å²) in [5.41, 5.74) is 6.51. The largest absolute Gasteiger partial charge is 0.383 e. The summed E-state index contributed by atoms with van der Waals surface area (Å²) in [6.45, 7) is 1.72. The van der Waals surface area contributed by atoms with Crippen LogP contribution in [0.3, 0.4) is 0 Å². The highest BCUT2D eigenvalue weighted by Gasteiger charge is 2.10. The predicted molar refractivity (Wildman–Crippen MR) is 64.2 cm³/mol. The second kappa shape index (κ2) is 4.37. The number of aromatic nitrogens is 2. The number of halogens is 3. The van der Waals surface area contributed by atoms with Gasteiger partial charge in [-0.05, 0) is 35.0 Å². The van der Waals surface area contributed by atoms with Crippen molar-refractivity contribution in [2.75, 3.05) is 5.73 Å². The van der Waals surface area contributed by atoms with Crippen LogP contribution in [0.2, 0.25) is 0 Å². The lowest BCUT2D eigenvalue weighted by atomic mass is 10.2. The molecule has 2 rings (SSSR count). The third-order valence-electron chi connectivity index (χ3n) is 2.16. The van der Waals surface area contributed by atoms with Gasteiger partial charge >= 0.3 is 0 Å². The fraction of sp³-hybridized carbons (Fsp3) is 0.0909. The van der Waals surface area contributed by atoms with E-state index in [4.69, 9.17) is 5.73 Å². The molecule has 0 spiro atoms. The molecule has 3 nitrogen and oxygen atoms in total. The molecule has 1 aromatic carbocycles. The lowest BCUT2D eigenvalue weighted by molar-refractivity contribution is 0.584. The summed E-state index contributed by atoms with van der Waals surface area (Å²) < 4.78 is 26.7. The molecule has 0 aliphatic rings. The Morgan fingerprint density at radius 1 is 1.12 bits per heavy atom. The standard InChI is InChI=1S/C11H8BrF2N3/c1-5-9(12)10(15)17-11(16-5)6-2-7(13)4-8(14)3-6/h2-4H,1H3,(H2,15,16,17). The molecule has 6 heteroatoms. The minimum Gasteiger partial charge on any atom is -0.383 e. The Kier molecular flexibility index (Phi) is 3.06. The van der Waals surface area contributed by atoms with E-state index in [-0.39, 0.29) is 17.2 Å². The number of nitrogen functional groups attached to an aromatic ring is 1. The van der Waals surface area contributed by atoms with E-state index in [1.54, 1.807) is 6.92 Å². The van der Waals surface area contributed by atoms with Crippen molar-refractivity contribution in [1.29, 1.82) is 0 Å². The minimum atomic E-state index is -0.678. The maximum Gasteiger partial charge on any atom is 0.162 e. The number of rotatable bonds is 1. The van der Waals surface area contributed by atoms with Gasteiger partial charge in [0.1, 0.15) is 17.5 Å². The number of hydrogen-bond acceptors (Lipinski definition) is 3. The average molecular weight is 300 g/mol. The molecule has 17 heavy (non-hydrogen) atoms. The molecule has 0 aliphatic carbocycles. The van der Waals surface area contributed by atoms with Gasteiger partial charge < -0.3 is 5.73 Å². The smallest absolute Gasteiger partial charge is 0.162 e. The summed E-state index contributed by atoms with van der Waals surface area (Å²) in [7, 11) is 0. The van der Waals surface area contributed by atoms with Crippen molar-refractivity contribution in [3.05, 3.63) is 40.0 Å². The number of anilines is 1. The summed E-state index contributed by atoms with van der Waals surface area (Å²) in [4.78, 5) is 8.09. The van der Waals surface area contributed by atoms with Crippen LogP contribution in [0.15, 0.2) is 22.7 Å². The molecule has 0 atom stereocenters. The van der Waals surface area contributed by atoms with E-state index in [0.29, 0.717) is 10.2 Å². The van der Waals surface area contributed by atoms with Crippen LogP contribution in [0.4, 0.5) is 14.6 Å². The fourth-order valence-electron chi connectivity index (χ4n) is 1.39. The Balaban J connectivity index is 2.60. The molecule has 0 bridgehead atoms. The molecule has 0 saturated carbocycles. The maximum absolute atomic E-state index is 13.1. The van der Waals surface area contributed by atoms with Gasteiger partial charge in [0.2, 0.25) is 0 Å². The van der Waals surface area contributed by atoms with Gasteiger partial charge in [0.15, 0.2) is 5.82 Å². The predicted octanol–water partition coefficient (Wildman–Crippen LogP) is 3.07. The van der Waals surface area contributed by atoms with Crippen molar-refractivity contribution < 1.29 is 8.78 Å². The number of nitrogens with two attached hydrogens (primary N) is 1. The van der Waals surface area contributed by atoms with Crippen molar-refractivity contribution in [2.45, 2.75) is 6.92 Å². The van der Waals surface area contributed by atoms with Gasteiger partial charge in [0, 0.05) is 11.6 Å². The Hall–Kier alpha value is -1.56. The molecule has 0 aliphatic heterocycles. The van der Waals surface area contributed by atoms with Crippen LogP contribution in [0.1, 0.15) is 5.69 Å². The first kappa shape index (κ1) is 11.9. The highest BCUT2D eigenvalue weighted by atomic mass is 79.9. The topological polar surface area (TPSA) is 51.8 Å². The van der Waals surface area contributed by atoms with E-state index in [1.165, 1.54) is 0 Å². The van der Waals surface area contributed by atoms with E-state index in [1.807, 2.05) is 0 Å². The molecule has 0 saturated heterocycles. The Morgan fingerprint density at radius 3 is 2.24 bits per heavy atom. The van der Waals surface area contributed by atoms with Crippen LogP contribution in [-0.4, -0.2) is 9.97 Å². The van der Waals surface area contributed by atoms with Crippen LogP contribution in [0.25, 0.3) is 11.4 Å². The van der Waals surface area contributed by atoms with Gasteiger partial charge in [0.05, 0.1) is 10.2 Å². The third-order valence-corrected chi connectivity index (χ3v) is 3.14. The quantitative estimate of drug-likeness (QED) is 0.880. The van der Waals surface area contributed by atoms with Crippen molar-refractivity contribution in [2.24, 2.45) is 0 Å². The molecule has 1 heterocycles. The normalized spacial score (nSPS) is 10.6. The molecule has 0 radical (unpaired) electrons. The first-order valence-electron chi connectivity index (χ1n) is 4.73. The monoisotopic (exact) mass is 299 g/mol. The van der Waals surface area contributed by atoms with Gasteiger partial charge in [-0.2, -0.15) is 0 Å². The van der Waals surface area contributed by atoms with Gasteiger partial charge in [-0.25, -0.2) is 18.7 Å². The van der Waals surface area contributed by atoms with Crippen LogP contribution in [0, 0.1) is 18.6 Å². The van der Waals surface area contributed by atoms with Crippen molar-refractivity contribution in [1.82, 2.24) is 9.97 Å². The van der Waals surface area contributed by atoms with Crippen molar-refractivity contribution in [3.63, 3.8) is 0 Å². The molecule has 0 unspecified atom stereocenters. The maximum atomic E-state index is 13.1. The van der Waals surface area contributed by atoms with Gasteiger partial charge in [-0.15, -0.1) is 0 Å². The van der Waals surface area contributed by atoms with Crippen molar-refractivity contribution >= 4 is 21.7 Å². The molecule has 2 aromatic rings. The second-order valence-corrected chi connectivity index (χ2v) is 4.28. The van der Waals surface area contributed by atoms with Crippen LogP contribution >= 0.6 is 15.9 Å². The van der Waals surface area contributed by atoms with E-state index >= 15 is 0 Å². The van der Waals surface area contributed by atoms with Crippen LogP contribution < -0.4 is 5.73 Å². The highest BCUT2D eigenvalue weighted by Crippen LogP contribution is 2.25. The second-order valence-electron chi connectivity index (χ2n) is 3.49. The zero-order valence-corrected chi connectivity index (χ0v) is 10.4. The number of nitrogens with zero attached hydrogens (tertiary/aromatic N) is 2. The lowest BCUT2D eigenvalue weighted by Gasteiger charge is -2.06. The number of hydrogen-bond donors (Lipinski definition) is 1. The summed E-state index contributed by atoms with van der Waals surface area (Å²) in [6, 6.07) is 3.11. The average Bonchev–Trinajstić information content (AvgIpc) is 2.23. The molecule has 1 aromatic heterocycles. The highest BCUT2D eigenvalue weighted by molar-refractivity contribution is 9.10.